The fraction of sp³-hybridized carbons (Fsp3) is 1.00. The van der Waals surface area contributed by atoms with Gasteiger partial charge in [-0.1, -0.05) is 33.1 Å². The van der Waals surface area contributed by atoms with Gasteiger partial charge >= 0.3 is 0 Å². The molecule has 1 aliphatic heterocycles. The Hall–Kier alpha value is -0.120. The minimum absolute atomic E-state index is 0.0376. The van der Waals surface area contributed by atoms with Gasteiger partial charge in [-0.2, -0.15) is 0 Å². The fourth-order valence-corrected chi connectivity index (χ4v) is 2.04. The first-order valence-corrected chi connectivity index (χ1v) is 6.30. The van der Waals surface area contributed by atoms with Crippen LogP contribution in [0.4, 0.5) is 0 Å². The van der Waals surface area contributed by atoms with Crippen molar-refractivity contribution < 1.29 is 9.84 Å². The highest BCUT2D eigenvalue weighted by molar-refractivity contribution is 4.77. The van der Waals surface area contributed by atoms with E-state index in [1.54, 1.807) is 0 Å². The van der Waals surface area contributed by atoms with Gasteiger partial charge in [0.15, 0.2) is 0 Å². The molecule has 1 fully saturated rings. The van der Waals surface area contributed by atoms with Crippen LogP contribution in [0, 0.1) is 0 Å². The molecule has 1 rings (SSSR count). The quantitative estimate of drug-likeness (QED) is 0.684. The zero-order valence-electron chi connectivity index (χ0n) is 10.1. The predicted molar refractivity (Wildman–Crippen MR) is 62.0 cm³/mol. The van der Waals surface area contributed by atoms with Gasteiger partial charge in [0, 0.05) is 13.1 Å². The van der Waals surface area contributed by atoms with Crippen LogP contribution < -0.4 is 0 Å². The highest BCUT2D eigenvalue weighted by atomic mass is 16.5. The van der Waals surface area contributed by atoms with Gasteiger partial charge in [-0.05, 0) is 13.0 Å². The number of hydrogen-bond acceptors (Lipinski definition) is 3. The molecule has 3 heteroatoms. The summed E-state index contributed by atoms with van der Waals surface area (Å²) in [6, 6.07) is 0. The van der Waals surface area contributed by atoms with Crippen molar-refractivity contribution >= 4 is 0 Å². The topological polar surface area (TPSA) is 32.7 Å². The number of nitrogens with zero attached hydrogens (tertiary/aromatic N) is 1. The molecule has 0 aromatic heterocycles. The second-order valence-electron chi connectivity index (χ2n) is 4.37. The number of likely N-dealkylation sites (N-methyl/N-ethyl adjacent to an activating group) is 1. The van der Waals surface area contributed by atoms with E-state index in [9.17, 15) is 5.11 Å². The van der Waals surface area contributed by atoms with Crippen LogP contribution in [0.25, 0.3) is 0 Å². The zero-order chi connectivity index (χ0) is 11.1. The number of ether oxygens (including phenoxy) is 1. The zero-order valence-corrected chi connectivity index (χ0v) is 10.1. The molecule has 0 spiro atoms. The van der Waals surface area contributed by atoms with Gasteiger partial charge in [-0.3, -0.25) is 4.90 Å². The Labute approximate surface area is 93.4 Å². The molecule has 2 unspecified atom stereocenters. The van der Waals surface area contributed by atoms with E-state index in [4.69, 9.17) is 4.74 Å². The molecule has 2 atom stereocenters. The van der Waals surface area contributed by atoms with Gasteiger partial charge in [0.1, 0.15) is 0 Å². The molecule has 1 saturated heterocycles. The maximum atomic E-state index is 9.96. The number of hydrogen-bond donors (Lipinski definition) is 1. The SMILES string of the molecule is CCCCCC(O)C1CN(CC)CCO1. The third kappa shape index (κ3) is 4.49. The fourth-order valence-electron chi connectivity index (χ4n) is 2.04. The summed E-state index contributed by atoms with van der Waals surface area (Å²) >= 11 is 0. The largest absolute Gasteiger partial charge is 0.390 e. The first-order chi connectivity index (χ1) is 7.27. The van der Waals surface area contributed by atoms with Crippen molar-refractivity contribution in [2.24, 2.45) is 0 Å². The van der Waals surface area contributed by atoms with E-state index >= 15 is 0 Å². The lowest BCUT2D eigenvalue weighted by atomic mass is 10.0. The van der Waals surface area contributed by atoms with E-state index in [-0.39, 0.29) is 12.2 Å². The minimum Gasteiger partial charge on any atom is -0.390 e. The molecule has 0 aliphatic carbocycles. The maximum absolute atomic E-state index is 9.96. The standard InChI is InChI=1S/C12H25NO2/c1-3-5-6-7-11(14)12-10-13(4-2)8-9-15-12/h11-12,14H,3-10H2,1-2H3. The Balaban J connectivity index is 2.22. The second-order valence-corrected chi connectivity index (χ2v) is 4.37. The van der Waals surface area contributed by atoms with Crippen molar-refractivity contribution in [1.29, 1.82) is 0 Å². The molecule has 0 radical (unpaired) electrons. The van der Waals surface area contributed by atoms with E-state index in [1.807, 2.05) is 0 Å². The Kier molecular flexibility index (Phi) is 6.22. The number of rotatable bonds is 6. The first-order valence-electron chi connectivity index (χ1n) is 6.30. The van der Waals surface area contributed by atoms with Gasteiger partial charge in [0.05, 0.1) is 18.8 Å². The Morgan fingerprint density at radius 3 is 2.87 bits per heavy atom. The van der Waals surface area contributed by atoms with E-state index in [2.05, 4.69) is 18.7 Å². The lowest BCUT2D eigenvalue weighted by Gasteiger charge is -2.34. The third-order valence-electron chi connectivity index (χ3n) is 3.16. The third-order valence-corrected chi connectivity index (χ3v) is 3.16. The molecule has 0 aromatic rings. The van der Waals surface area contributed by atoms with E-state index in [1.165, 1.54) is 12.8 Å². The summed E-state index contributed by atoms with van der Waals surface area (Å²) in [5.74, 6) is 0. The average Bonchev–Trinajstić information content (AvgIpc) is 2.29. The van der Waals surface area contributed by atoms with E-state index < -0.39 is 0 Å². The Morgan fingerprint density at radius 1 is 1.40 bits per heavy atom. The molecule has 90 valence electrons. The van der Waals surface area contributed by atoms with Gasteiger partial charge in [-0.15, -0.1) is 0 Å². The summed E-state index contributed by atoms with van der Waals surface area (Å²) in [5.41, 5.74) is 0. The summed E-state index contributed by atoms with van der Waals surface area (Å²) < 4.78 is 5.61. The Morgan fingerprint density at radius 2 is 2.20 bits per heavy atom. The van der Waals surface area contributed by atoms with Crippen LogP contribution >= 0.6 is 0 Å². The number of aliphatic hydroxyl groups is 1. The molecule has 1 N–H and O–H groups in total. The normalized spacial score (nSPS) is 25.4. The average molecular weight is 215 g/mol. The summed E-state index contributed by atoms with van der Waals surface area (Å²) in [6.07, 6.45) is 4.18. The van der Waals surface area contributed by atoms with Crippen molar-refractivity contribution in [2.75, 3.05) is 26.2 Å². The Bertz CT molecular complexity index is 164. The minimum atomic E-state index is -0.272. The predicted octanol–water partition coefficient (Wildman–Crippen LogP) is 1.65. The van der Waals surface area contributed by atoms with Crippen molar-refractivity contribution in [3.05, 3.63) is 0 Å². The second kappa shape index (κ2) is 7.20. The number of morpholine rings is 1. The van der Waals surface area contributed by atoms with Gasteiger partial charge < -0.3 is 9.84 Å². The molecule has 1 aliphatic rings. The molecule has 0 amide bonds. The van der Waals surface area contributed by atoms with Crippen LogP contribution in [0.1, 0.15) is 39.5 Å². The molecule has 0 bridgehead atoms. The molecular weight excluding hydrogens is 190 g/mol. The number of unbranched alkanes of at least 4 members (excludes halogenated alkanes) is 2. The molecule has 0 aromatic carbocycles. The van der Waals surface area contributed by atoms with E-state index in [0.29, 0.717) is 0 Å². The van der Waals surface area contributed by atoms with Crippen molar-refractivity contribution in [3.8, 4) is 0 Å². The monoisotopic (exact) mass is 215 g/mol. The van der Waals surface area contributed by atoms with E-state index in [0.717, 1.165) is 39.1 Å². The van der Waals surface area contributed by atoms with Crippen LogP contribution in [-0.4, -0.2) is 48.5 Å². The molecule has 15 heavy (non-hydrogen) atoms. The summed E-state index contributed by atoms with van der Waals surface area (Å²) in [5, 5.41) is 9.96. The van der Waals surface area contributed by atoms with Crippen molar-refractivity contribution in [1.82, 2.24) is 4.90 Å². The van der Waals surface area contributed by atoms with Gasteiger partial charge in [-0.25, -0.2) is 0 Å². The first kappa shape index (κ1) is 12.9. The highest BCUT2D eigenvalue weighted by Crippen LogP contribution is 2.13. The van der Waals surface area contributed by atoms with Crippen LogP contribution in [0.15, 0.2) is 0 Å². The van der Waals surface area contributed by atoms with Gasteiger partial charge in [0.25, 0.3) is 0 Å². The molecule has 1 heterocycles. The van der Waals surface area contributed by atoms with Crippen LogP contribution in [0.2, 0.25) is 0 Å². The van der Waals surface area contributed by atoms with Gasteiger partial charge in [0.2, 0.25) is 0 Å². The highest BCUT2D eigenvalue weighted by Gasteiger charge is 2.25. The molecular formula is C12H25NO2. The summed E-state index contributed by atoms with van der Waals surface area (Å²) in [4.78, 5) is 2.34. The molecule has 3 nitrogen and oxygen atoms in total. The van der Waals surface area contributed by atoms with Crippen molar-refractivity contribution in [3.63, 3.8) is 0 Å². The smallest absolute Gasteiger partial charge is 0.0960 e. The lowest BCUT2D eigenvalue weighted by molar-refractivity contribution is -0.0896. The van der Waals surface area contributed by atoms with Crippen LogP contribution in [-0.2, 0) is 4.74 Å². The summed E-state index contributed by atoms with van der Waals surface area (Å²) in [6.45, 7) is 8.07. The maximum Gasteiger partial charge on any atom is 0.0960 e. The van der Waals surface area contributed by atoms with Crippen molar-refractivity contribution in [2.45, 2.75) is 51.7 Å². The summed E-state index contributed by atoms with van der Waals surface area (Å²) in [7, 11) is 0. The number of aliphatic hydroxyl groups excluding tert-OH is 1. The molecule has 0 saturated carbocycles. The van der Waals surface area contributed by atoms with Crippen LogP contribution in [0.5, 0.6) is 0 Å². The lowest BCUT2D eigenvalue weighted by Crippen LogP contribution is -2.47. The van der Waals surface area contributed by atoms with Crippen LogP contribution in [0.3, 0.4) is 0 Å².